The van der Waals surface area contributed by atoms with E-state index in [4.69, 9.17) is 5.73 Å². The second kappa shape index (κ2) is 7.07. The number of carbonyl (C=O) groups excluding carboxylic acids is 2. The molecule has 1 saturated carbocycles. The highest BCUT2D eigenvalue weighted by atomic mass is 79.9. The van der Waals surface area contributed by atoms with Crippen LogP contribution in [-0.4, -0.2) is 11.8 Å². The van der Waals surface area contributed by atoms with Crippen molar-refractivity contribution in [1.82, 2.24) is 0 Å². The van der Waals surface area contributed by atoms with Crippen molar-refractivity contribution in [2.75, 3.05) is 5.32 Å². The van der Waals surface area contributed by atoms with Gasteiger partial charge >= 0.3 is 0 Å². The lowest BCUT2D eigenvalue weighted by molar-refractivity contribution is -0.120. The summed E-state index contributed by atoms with van der Waals surface area (Å²) >= 11 is 3.31. The molecule has 1 aromatic rings. The maximum absolute atomic E-state index is 12.5. The summed E-state index contributed by atoms with van der Waals surface area (Å²) in [6.45, 7) is 2.15. The summed E-state index contributed by atoms with van der Waals surface area (Å²) in [5, 5.41) is 2.89. The third-order valence-corrected chi connectivity index (χ3v) is 4.65. The summed E-state index contributed by atoms with van der Waals surface area (Å²) in [6, 6.07) is 5.14. The van der Waals surface area contributed by atoms with Crippen molar-refractivity contribution in [3.63, 3.8) is 0 Å². The van der Waals surface area contributed by atoms with Crippen LogP contribution >= 0.6 is 15.9 Å². The Labute approximate surface area is 133 Å². The molecule has 1 aromatic carbocycles. The highest BCUT2D eigenvalue weighted by Crippen LogP contribution is 2.36. The van der Waals surface area contributed by atoms with Gasteiger partial charge in [-0.05, 0) is 43.4 Å². The van der Waals surface area contributed by atoms with E-state index in [0.717, 1.165) is 36.6 Å². The van der Waals surface area contributed by atoms with Crippen LogP contribution in [-0.2, 0) is 4.79 Å². The molecule has 0 spiro atoms. The molecular formula is C16H21BrN2O2. The van der Waals surface area contributed by atoms with E-state index in [-0.39, 0.29) is 11.8 Å². The second-order valence-corrected chi connectivity index (χ2v) is 6.55. The highest BCUT2D eigenvalue weighted by molar-refractivity contribution is 9.10. The topological polar surface area (TPSA) is 72.2 Å². The molecule has 2 amide bonds. The van der Waals surface area contributed by atoms with Crippen LogP contribution in [0.1, 0.15) is 49.4 Å². The first kappa shape index (κ1) is 16.0. The van der Waals surface area contributed by atoms with Crippen molar-refractivity contribution in [1.29, 1.82) is 0 Å². The summed E-state index contributed by atoms with van der Waals surface area (Å²) in [6.07, 6.45) is 5.33. The Morgan fingerprint density at radius 3 is 2.81 bits per heavy atom. The minimum Gasteiger partial charge on any atom is -0.366 e. The Morgan fingerprint density at radius 1 is 1.38 bits per heavy atom. The fraction of sp³-hybridized carbons (Fsp3) is 0.500. The predicted octanol–water partition coefficient (Wildman–Crippen LogP) is 3.70. The van der Waals surface area contributed by atoms with Crippen LogP contribution < -0.4 is 11.1 Å². The number of nitrogens with two attached hydrogens (primary N) is 1. The van der Waals surface area contributed by atoms with Gasteiger partial charge in [-0.2, -0.15) is 0 Å². The van der Waals surface area contributed by atoms with Crippen molar-refractivity contribution in [2.45, 2.75) is 39.0 Å². The molecule has 3 N–H and O–H groups in total. The summed E-state index contributed by atoms with van der Waals surface area (Å²) in [4.78, 5) is 24.0. The zero-order chi connectivity index (χ0) is 15.4. The lowest BCUT2D eigenvalue weighted by atomic mass is 9.91. The normalized spacial score (nSPS) is 21.2. The molecule has 1 fully saturated rings. The number of benzene rings is 1. The first-order valence-corrected chi connectivity index (χ1v) is 8.22. The first-order valence-electron chi connectivity index (χ1n) is 7.43. The molecule has 2 rings (SSSR count). The monoisotopic (exact) mass is 352 g/mol. The van der Waals surface area contributed by atoms with E-state index in [2.05, 4.69) is 28.2 Å². The second-order valence-electron chi connectivity index (χ2n) is 5.63. The van der Waals surface area contributed by atoms with E-state index < -0.39 is 5.91 Å². The average molecular weight is 353 g/mol. The van der Waals surface area contributed by atoms with Gasteiger partial charge in [-0.25, -0.2) is 0 Å². The molecule has 0 heterocycles. The molecular weight excluding hydrogens is 332 g/mol. The first-order chi connectivity index (χ1) is 10.0. The summed E-state index contributed by atoms with van der Waals surface area (Å²) < 4.78 is 0.763. The number of nitrogens with one attached hydrogen (secondary N) is 1. The molecule has 2 unspecified atom stereocenters. The van der Waals surface area contributed by atoms with Gasteiger partial charge in [0, 0.05) is 10.4 Å². The van der Waals surface area contributed by atoms with E-state index in [9.17, 15) is 9.59 Å². The molecule has 5 heteroatoms. The number of hydrogen-bond acceptors (Lipinski definition) is 2. The molecule has 21 heavy (non-hydrogen) atoms. The van der Waals surface area contributed by atoms with Gasteiger partial charge in [0.05, 0.1) is 11.3 Å². The highest BCUT2D eigenvalue weighted by Gasteiger charge is 2.32. The van der Waals surface area contributed by atoms with Gasteiger partial charge in [0.1, 0.15) is 0 Å². The molecule has 0 aliphatic heterocycles. The zero-order valence-corrected chi connectivity index (χ0v) is 13.8. The summed E-state index contributed by atoms with van der Waals surface area (Å²) in [7, 11) is 0. The van der Waals surface area contributed by atoms with Gasteiger partial charge in [0.25, 0.3) is 5.91 Å². The van der Waals surface area contributed by atoms with Crippen LogP contribution in [0.5, 0.6) is 0 Å². The number of amides is 2. The Bertz CT molecular complexity index is 545. The largest absolute Gasteiger partial charge is 0.366 e. The zero-order valence-electron chi connectivity index (χ0n) is 12.2. The molecule has 0 bridgehead atoms. The minimum absolute atomic E-state index is 0.00997. The average Bonchev–Trinajstić information content (AvgIpc) is 2.89. The van der Waals surface area contributed by atoms with Gasteiger partial charge in [-0.1, -0.05) is 35.7 Å². The lowest BCUT2D eigenvalue weighted by Crippen LogP contribution is -2.27. The number of primary amides is 1. The predicted molar refractivity (Wildman–Crippen MR) is 87.0 cm³/mol. The van der Waals surface area contributed by atoms with Gasteiger partial charge < -0.3 is 11.1 Å². The van der Waals surface area contributed by atoms with E-state index in [1.54, 1.807) is 18.2 Å². The molecule has 2 atom stereocenters. The Balaban J connectivity index is 2.14. The van der Waals surface area contributed by atoms with Crippen molar-refractivity contribution >= 4 is 33.4 Å². The molecule has 0 aromatic heterocycles. The standard InChI is InChI=1S/C16H21BrN2O2/c1-2-4-10-5-3-6-12(10)16(21)19-14-8-7-11(17)9-13(14)15(18)20/h7-10,12H,2-6H2,1H3,(H2,18,20)(H,19,21). The lowest BCUT2D eigenvalue weighted by Gasteiger charge is -2.19. The van der Waals surface area contributed by atoms with Gasteiger partial charge in [0.15, 0.2) is 0 Å². The molecule has 4 nitrogen and oxygen atoms in total. The number of hydrogen-bond donors (Lipinski definition) is 2. The molecule has 1 aliphatic carbocycles. The van der Waals surface area contributed by atoms with Crippen molar-refractivity contribution in [3.8, 4) is 0 Å². The van der Waals surface area contributed by atoms with Crippen molar-refractivity contribution < 1.29 is 9.59 Å². The molecule has 1 aliphatic rings. The molecule has 114 valence electrons. The molecule has 0 radical (unpaired) electrons. The third-order valence-electron chi connectivity index (χ3n) is 4.16. The fourth-order valence-electron chi connectivity index (χ4n) is 3.15. The Morgan fingerprint density at radius 2 is 2.14 bits per heavy atom. The van der Waals surface area contributed by atoms with E-state index in [1.807, 2.05) is 0 Å². The van der Waals surface area contributed by atoms with Crippen LogP contribution in [0.3, 0.4) is 0 Å². The van der Waals surface area contributed by atoms with E-state index in [0.29, 0.717) is 17.2 Å². The smallest absolute Gasteiger partial charge is 0.250 e. The fourth-order valence-corrected chi connectivity index (χ4v) is 3.51. The Kier molecular flexibility index (Phi) is 5.39. The van der Waals surface area contributed by atoms with E-state index >= 15 is 0 Å². The van der Waals surface area contributed by atoms with Crippen LogP contribution in [0, 0.1) is 11.8 Å². The van der Waals surface area contributed by atoms with E-state index in [1.165, 1.54) is 0 Å². The van der Waals surface area contributed by atoms with Crippen LogP contribution in [0.4, 0.5) is 5.69 Å². The van der Waals surface area contributed by atoms with Gasteiger partial charge in [-0.15, -0.1) is 0 Å². The van der Waals surface area contributed by atoms with Crippen molar-refractivity contribution in [3.05, 3.63) is 28.2 Å². The van der Waals surface area contributed by atoms with Crippen molar-refractivity contribution in [2.24, 2.45) is 17.6 Å². The van der Waals surface area contributed by atoms with Crippen LogP contribution in [0.2, 0.25) is 0 Å². The Hall–Kier alpha value is -1.36. The quantitative estimate of drug-likeness (QED) is 0.847. The SMILES string of the molecule is CCCC1CCCC1C(=O)Nc1ccc(Br)cc1C(N)=O. The number of carbonyl (C=O) groups is 2. The van der Waals surface area contributed by atoms with Crippen LogP contribution in [0.25, 0.3) is 0 Å². The van der Waals surface area contributed by atoms with Gasteiger partial charge in [0.2, 0.25) is 5.91 Å². The van der Waals surface area contributed by atoms with Crippen LogP contribution in [0.15, 0.2) is 22.7 Å². The third kappa shape index (κ3) is 3.84. The maximum atomic E-state index is 12.5. The summed E-state index contributed by atoms with van der Waals surface area (Å²) in [5.41, 5.74) is 6.21. The number of anilines is 1. The number of rotatable bonds is 5. The minimum atomic E-state index is -0.539. The van der Waals surface area contributed by atoms with Gasteiger partial charge in [-0.3, -0.25) is 9.59 Å². The maximum Gasteiger partial charge on any atom is 0.250 e. The number of halogens is 1. The molecule has 0 saturated heterocycles. The summed E-state index contributed by atoms with van der Waals surface area (Å²) in [5.74, 6) is -0.0179.